The predicted molar refractivity (Wildman–Crippen MR) is 270 cm³/mol. The van der Waals surface area contributed by atoms with Crippen molar-refractivity contribution in [3.05, 3.63) is 161 Å². The lowest BCUT2D eigenvalue weighted by atomic mass is 9.75. The SMILES string of the molecule is CC(C)(C)c1cccc(-c2nc(-c3ccccc3)nc(-c3cccc(C(C)(C)C)c3)n2)c1.CC(C)(C)c1cccc(B2OC(C)(C)C(C)(C)O2)c1.Clc1nc(Cl)nc(-c2ccccc2)n1. The van der Waals surface area contributed by atoms with Crippen LogP contribution in [0.2, 0.25) is 10.6 Å². The predicted octanol–water partition coefficient (Wildman–Crippen LogP) is 13.6. The molecule has 0 radical (unpaired) electrons. The highest BCUT2D eigenvalue weighted by Crippen LogP contribution is 2.37. The zero-order chi connectivity index (χ0) is 47.4. The van der Waals surface area contributed by atoms with Crippen molar-refractivity contribution in [3.8, 4) is 45.6 Å². The van der Waals surface area contributed by atoms with Gasteiger partial charge < -0.3 is 9.31 Å². The van der Waals surface area contributed by atoms with E-state index in [1.54, 1.807) is 0 Å². The van der Waals surface area contributed by atoms with Gasteiger partial charge >= 0.3 is 7.12 Å². The molecule has 2 aromatic heterocycles. The maximum absolute atomic E-state index is 6.10. The fraction of sp³-hybridized carbons (Fsp3) is 0.333. The first-order chi connectivity index (χ1) is 30.4. The Morgan fingerprint density at radius 1 is 0.385 bits per heavy atom. The number of hydrogen-bond acceptors (Lipinski definition) is 8. The molecule has 0 N–H and O–H groups in total. The summed E-state index contributed by atoms with van der Waals surface area (Å²) in [7, 11) is -0.271. The molecule has 8 rings (SSSR count). The van der Waals surface area contributed by atoms with E-state index in [1.165, 1.54) is 16.7 Å². The number of nitrogens with zero attached hydrogens (tertiary/aromatic N) is 6. The van der Waals surface area contributed by atoms with Gasteiger partial charge in [-0.1, -0.05) is 184 Å². The van der Waals surface area contributed by atoms with Crippen LogP contribution in [0.5, 0.6) is 0 Å². The molecule has 11 heteroatoms. The molecular weight excluding hydrogens is 846 g/mol. The van der Waals surface area contributed by atoms with E-state index in [9.17, 15) is 0 Å². The van der Waals surface area contributed by atoms with E-state index < -0.39 is 0 Å². The highest BCUT2D eigenvalue weighted by molar-refractivity contribution is 6.62. The van der Waals surface area contributed by atoms with E-state index in [-0.39, 0.29) is 45.1 Å². The molecule has 65 heavy (non-hydrogen) atoms. The summed E-state index contributed by atoms with van der Waals surface area (Å²) in [5.41, 5.74) is 8.45. The Morgan fingerprint density at radius 3 is 1.09 bits per heavy atom. The molecule has 0 bridgehead atoms. The summed E-state index contributed by atoms with van der Waals surface area (Å²) in [5, 5.41) is 0.202. The molecule has 0 spiro atoms. The van der Waals surface area contributed by atoms with Gasteiger partial charge in [0.2, 0.25) is 10.6 Å². The number of aromatic nitrogens is 6. The average Bonchev–Trinajstić information content (AvgIpc) is 3.49. The van der Waals surface area contributed by atoms with Crippen molar-refractivity contribution >= 4 is 35.8 Å². The van der Waals surface area contributed by atoms with Crippen LogP contribution >= 0.6 is 23.2 Å². The molecule has 1 aliphatic rings. The van der Waals surface area contributed by atoms with Crippen molar-refractivity contribution in [2.24, 2.45) is 0 Å². The van der Waals surface area contributed by atoms with Gasteiger partial charge in [-0.3, -0.25) is 0 Å². The Kier molecular flexibility index (Phi) is 14.9. The smallest absolute Gasteiger partial charge is 0.399 e. The third-order valence-corrected chi connectivity index (χ3v) is 11.9. The highest BCUT2D eigenvalue weighted by Gasteiger charge is 2.51. The van der Waals surface area contributed by atoms with E-state index >= 15 is 0 Å². The Hall–Kier alpha value is -5.32. The topological polar surface area (TPSA) is 95.8 Å². The van der Waals surface area contributed by atoms with Crippen LogP contribution in [0.15, 0.2) is 133 Å². The minimum absolute atomic E-state index is 0.0508. The Labute approximate surface area is 396 Å². The Bertz CT molecular complexity index is 2600. The normalized spacial score (nSPS) is 14.5. The average molecular weight is 908 g/mol. The summed E-state index contributed by atoms with van der Waals surface area (Å²) < 4.78 is 12.2. The minimum Gasteiger partial charge on any atom is -0.399 e. The second-order valence-corrected chi connectivity index (χ2v) is 21.0. The fourth-order valence-electron chi connectivity index (χ4n) is 6.77. The number of halogens is 2. The maximum Gasteiger partial charge on any atom is 0.494 e. The Balaban J connectivity index is 0.000000179. The highest BCUT2D eigenvalue weighted by atomic mass is 35.5. The van der Waals surface area contributed by atoms with Crippen molar-refractivity contribution in [2.75, 3.05) is 0 Å². The van der Waals surface area contributed by atoms with Gasteiger partial charge in [-0.2, -0.15) is 15.0 Å². The molecule has 5 aromatic carbocycles. The van der Waals surface area contributed by atoms with Gasteiger partial charge in [-0.05, 0) is 101 Å². The van der Waals surface area contributed by atoms with Crippen LogP contribution in [0.3, 0.4) is 0 Å². The van der Waals surface area contributed by atoms with Crippen molar-refractivity contribution in [1.29, 1.82) is 0 Å². The largest absolute Gasteiger partial charge is 0.494 e. The molecule has 3 heterocycles. The number of benzene rings is 5. The van der Waals surface area contributed by atoms with Gasteiger partial charge in [-0.15, -0.1) is 0 Å². The summed E-state index contributed by atoms with van der Waals surface area (Å²) in [5.74, 6) is 2.56. The minimum atomic E-state index is -0.282. The second kappa shape index (κ2) is 19.7. The maximum atomic E-state index is 6.10. The molecule has 1 fully saturated rings. The molecule has 0 saturated carbocycles. The van der Waals surface area contributed by atoms with E-state index in [4.69, 9.17) is 47.5 Å². The fourth-order valence-corrected chi connectivity index (χ4v) is 7.14. The van der Waals surface area contributed by atoms with Crippen LogP contribution in [-0.2, 0) is 25.6 Å². The standard InChI is InChI=1S/C29H31N3.C16H25BO2.C9H5Cl2N3/c1-28(2,3)23-16-10-14-21(18-23)26-30-25(20-12-8-7-9-13-20)31-27(32-26)22-15-11-17-24(19-22)29(4,5)6;1-14(2,3)12-9-8-10-13(11-12)17-18-15(4,5)16(6,7)19-17;10-8-12-7(13-9(11)14-8)6-4-2-1-3-5-6/h7-19H,1-6H3;8-11H,1-7H3;1-5H. The summed E-state index contributed by atoms with van der Waals surface area (Å²) in [6, 6.07) is 45.1. The Morgan fingerprint density at radius 2 is 0.708 bits per heavy atom. The van der Waals surface area contributed by atoms with E-state index in [2.05, 4.69) is 178 Å². The zero-order valence-corrected chi connectivity index (χ0v) is 41.5. The van der Waals surface area contributed by atoms with Gasteiger partial charge in [0.25, 0.3) is 0 Å². The summed E-state index contributed by atoms with van der Waals surface area (Å²) in [6.07, 6.45) is 0. The molecule has 0 atom stereocenters. The summed E-state index contributed by atoms with van der Waals surface area (Å²) >= 11 is 11.3. The molecule has 1 saturated heterocycles. The molecule has 8 nitrogen and oxygen atoms in total. The molecule has 0 aliphatic carbocycles. The molecule has 336 valence electrons. The van der Waals surface area contributed by atoms with Gasteiger partial charge in [0, 0.05) is 22.3 Å². The van der Waals surface area contributed by atoms with Gasteiger partial charge in [-0.25, -0.2) is 15.0 Å². The van der Waals surface area contributed by atoms with Crippen molar-refractivity contribution in [2.45, 2.75) is 117 Å². The second-order valence-electron chi connectivity index (χ2n) is 20.4. The van der Waals surface area contributed by atoms with Crippen LogP contribution in [0, 0.1) is 0 Å². The van der Waals surface area contributed by atoms with Gasteiger partial charge in [0.1, 0.15) is 0 Å². The first-order valence-electron chi connectivity index (χ1n) is 22.0. The molecule has 0 unspecified atom stereocenters. The number of rotatable bonds is 5. The van der Waals surface area contributed by atoms with Crippen LogP contribution in [0.1, 0.15) is 107 Å². The van der Waals surface area contributed by atoms with Crippen LogP contribution in [0.25, 0.3) is 45.6 Å². The lowest BCUT2D eigenvalue weighted by molar-refractivity contribution is 0.00578. The lowest BCUT2D eigenvalue weighted by Crippen LogP contribution is -2.41. The first-order valence-corrected chi connectivity index (χ1v) is 22.8. The zero-order valence-electron chi connectivity index (χ0n) is 40.0. The quantitative estimate of drug-likeness (QED) is 0.158. The van der Waals surface area contributed by atoms with Crippen molar-refractivity contribution in [3.63, 3.8) is 0 Å². The van der Waals surface area contributed by atoms with E-state index in [0.717, 1.165) is 27.7 Å². The van der Waals surface area contributed by atoms with E-state index in [1.807, 2.05) is 60.7 Å². The number of hydrogen-bond donors (Lipinski definition) is 0. The van der Waals surface area contributed by atoms with Gasteiger partial charge in [0.15, 0.2) is 23.3 Å². The molecule has 1 aliphatic heterocycles. The molecular formula is C54H61BCl2N6O2. The summed E-state index contributed by atoms with van der Waals surface area (Å²) in [6.45, 7) is 28.3. The third-order valence-electron chi connectivity index (χ3n) is 11.5. The molecule has 0 amide bonds. The van der Waals surface area contributed by atoms with E-state index in [0.29, 0.717) is 23.3 Å². The van der Waals surface area contributed by atoms with Crippen molar-refractivity contribution in [1.82, 2.24) is 29.9 Å². The third kappa shape index (κ3) is 12.7. The molecule has 7 aromatic rings. The first kappa shape index (κ1) is 49.1. The van der Waals surface area contributed by atoms with Crippen LogP contribution < -0.4 is 5.46 Å². The van der Waals surface area contributed by atoms with Crippen LogP contribution in [-0.4, -0.2) is 48.2 Å². The van der Waals surface area contributed by atoms with Crippen molar-refractivity contribution < 1.29 is 9.31 Å². The van der Waals surface area contributed by atoms with Gasteiger partial charge in [0.05, 0.1) is 11.2 Å². The monoisotopic (exact) mass is 906 g/mol. The lowest BCUT2D eigenvalue weighted by Gasteiger charge is -2.32. The van der Waals surface area contributed by atoms with Crippen LogP contribution in [0.4, 0.5) is 0 Å². The summed E-state index contributed by atoms with van der Waals surface area (Å²) in [4.78, 5) is 26.3.